The van der Waals surface area contributed by atoms with E-state index < -0.39 is 0 Å². The number of rotatable bonds is 4. The smallest absolute Gasteiger partial charge is 0.0654 e. The fourth-order valence-electron chi connectivity index (χ4n) is 0.822. The van der Waals surface area contributed by atoms with Crippen LogP contribution in [0.3, 0.4) is 0 Å². The Morgan fingerprint density at radius 3 is 2.58 bits per heavy atom. The average Bonchev–Trinajstić information content (AvgIpc) is 2.05. The summed E-state index contributed by atoms with van der Waals surface area (Å²) in [5.74, 6) is 0. The predicted octanol–water partition coefficient (Wildman–Crippen LogP) is 0.984. The lowest BCUT2D eigenvalue weighted by atomic mass is 10.3. The van der Waals surface area contributed by atoms with Crippen molar-refractivity contribution in [1.29, 1.82) is 0 Å². The van der Waals surface area contributed by atoms with Crippen LogP contribution in [0, 0.1) is 0 Å². The van der Waals surface area contributed by atoms with Gasteiger partial charge in [-0.05, 0) is 19.1 Å². The zero-order chi connectivity index (χ0) is 8.81. The number of anilines is 1. The highest BCUT2D eigenvalue weighted by Crippen LogP contribution is 2.02. The number of hydrazine groups is 1. The quantitative estimate of drug-likeness (QED) is 0.584. The molecule has 66 valence electrons. The van der Waals surface area contributed by atoms with Crippen LogP contribution in [-0.2, 0) is 0 Å². The lowest BCUT2D eigenvalue weighted by molar-refractivity contribution is 0.194. The van der Waals surface area contributed by atoms with Gasteiger partial charge in [0.05, 0.1) is 6.10 Å². The van der Waals surface area contributed by atoms with E-state index in [-0.39, 0.29) is 6.10 Å². The second kappa shape index (κ2) is 4.74. The Morgan fingerprint density at radius 2 is 2.00 bits per heavy atom. The third-order valence-electron chi connectivity index (χ3n) is 1.40. The monoisotopic (exact) mass is 166 g/mol. The molecule has 1 rings (SSSR count). The molecule has 3 heteroatoms. The van der Waals surface area contributed by atoms with Crippen molar-refractivity contribution in [1.82, 2.24) is 5.43 Å². The Labute approximate surface area is 72.4 Å². The molecule has 0 aliphatic carbocycles. The van der Waals surface area contributed by atoms with Gasteiger partial charge < -0.3 is 10.5 Å². The van der Waals surface area contributed by atoms with Crippen molar-refractivity contribution in [3.05, 3.63) is 30.3 Å². The number of para-hydroxylation sites is 1. The Hall–Kier alpha value is -1.06. The Morgan fingerprint density at radius 1 is 1.33 bits per heavy atom. The van der Waals surface area contributed by atoms with E-state index in [4.69, 9.17) is 5.11 Å². The van der Waals surface area contributed by atoms with Crippen LogP contribution in [0.1, 0.15) is 6.92 Å². The molecule has 0 aromatic heterocycles. The molecular weight excluding hydrogens is 152 g/mol. The highest BCUT2D eigenvalue weighted by Gasteiger charge is 1.92. The number of nitrogens with one attached hydrogen (secondary N) is 2. The molecule has 0 aliphatic heterocycles. The maximum absolute atomic E-state index is 8.93. The summed E-state index contributed by atoms with van der Waals surface area (Å²) in [4.78, 5) is 0. The van der Waals surface area contributed by atoms with Gasteiger partial charge in [0.2, 0.25) is 0 Å². The molecular formula is C9H14N2O. The van der Waals surface area contributed by atoms with Gasteiger partial charge in [0.1, 0.15) is 0 Å². The molecule has 0 fully saturated rings. The van der Waals surface area contributed by atoms with Gasteiger partial charge in [-0.25, -0.2) is 5.43 Å². The molecule has 0 saturated carbocycles. The van der Waals surface area contributed by atoms with Crippen LogP contribution in [-0.4, -0.2) is 17.8 Å². The van der Waals surface area contributed by atoms with Crippen molar-refractivity contribution in [2.45, 2.75) is 13.0 Å². The van der Waals surface area contributed by atoms with Gasteiger partial charge >= 0.3 is 0 Å². The molecule has 3 nitrogen and oxygen atoms in total. The topological polar surface area (TPSA) is 44.3 Å². The summed E-state index contributed by atoms with van der Waals surface area (Å²) in [7, 11) is 0. The molecule has 0 spiro atoms. The number of hydrogen-bond donors (Lipinski definition) is 3. The number of hydrogen-bond acceptors (Lipinski definition) is 3. The molecule has 0 bridgehead atoms. The minimum atomic E-state index is -0.332. The fourth-order valence-corrected chi connectivity index (χ4v) is 0.822. The molecule has 12 heavy (non-hydrogen) atoms. The first-order chi connectivity index (χ1) is 5.79. The van der Waals surface area contributed by atoms with Crippen LogP contribution in [0.25, 0.3) is 0 Å². The van der Waals surface area contributed by atoms with Crippen LogP contribution in [0.5, 0.6) is 0 Å². The second-order valence-corrected chi connectivity index (χ2v) is 2.72. The molecule has 3 N–H and O–H groups in total. The summed E-state index contributed by atoms with van der Waals surface area (Å²) in [6.45, 7) is 2.27. The Kier molecular flexibility index (Phi) is 3.57. The van der Waals surface area contributed by atoms with E-state index in [1.165, 1.54) is 0 Å². The Bertz CT molecular complexity index is 211. The molecule has 0 saturated heterocycles. The highest BCUT2D eigenvalue weighted by atomic mass is 16.3. The minimum absolute atomic E-state index is 0.332. The first-order valence-corrected chi connectivity index (χ1v) is 4.01. The maximum atomic E-state index is 8.93. The van der Waals surface area contributed by atoms with E-state index >= 15 is 0 Å². The van der Waals surface area contributed by atoms with Crippen molar-refractivity contribution < 1.29 is 5.11 Å². The van der Waals surface area contributed by atoms with E-state index in [0.717, 1.165) is 5.69 Å². The van der Waals surface area contributed by atoms with E-state index in [1.54, 1.807) is 6.92 Å². The third kappa shape index (κ3) is 3.37. The maximum Gasteiger partial charge on any atom is 0.0654 e. The molecule has 1 atom stereocenters. The van der Waals surface area contributed by atoms with Gasteiger partial charge in [0.25, 0.3) is 0 Å². The van der Waals surface area contributed by atoms with Gasteiger partial charge in [0.15, 0.2) is 0 Å². The first kappa shape index (κ1) is 9.03. The first-order valence-electron chi connectivity index (χ1n) is 4.01. The van der Waals surface area contributed by atoms with E-state index in [9.17, 15) is 0 Å². The fraction of sp³-hybridized carbons (Fsp3) is 0.333. The number of aliphatic hydroxyl groups is 1. The van der Waals surface area contributed by atoms with Crippen LogP contribution in [0.4, 0.5) is 5.69 Å². The lowest BCUT2D eigenvalue weighted by Crippen LogP contribution is -2.29. The molecule has 1 aromatic carbocycles. The van der Waals surface area contributed by atoms with Gasteiger partial charge in [-0.3, -0.25) is 0 Å². The van der Waals surface area contributed by atoms with Crippen LogP contribution in [0.15, 0.2) is 30.3 Å². The number of aliphatic hydroxyl groups excluding tert-OH is 1. The van der Waals surface area contributed by atoms with Gasteiger partial charge in [-0.1, -0.05) is 18.2 Å². The zero-order valence-electron chi connectivity index (χ0n) is 7.12. The summed E-state index contributed by atoms with van der Waals surface area (Å²) < 4.78 is 0. The highest BCUT2D eigenvalue weighted by molar-refractivity contribution is 5.41. The average molecular weight is 166 g/mol. The molecule has 1 unspecified atom stereocenters. The number of benzene rings is 1. The van der Waals surface area contributed by atoms with E-state index in [1.807, 2.05) is 30.3 Å². The van der Waals surface area contributed by atoms with E-state index in [2.05, 4.69) is 10.9 Å². The van der Waals surface area contributed by atoms with Gasteiger partial charge in [0, 0.05) is 12.2 Å². The van der Waals surface area contributed by atoms with Gasteiger partial charge in [-0.15, -0.1) is 0 Å². The van der Waals surface area contributed by atoms with Crippen molar-refractivity contribution in [3.63, 3.8) is 0 Å². The Balaban J connectivity index is 2.25. The van der Waals surface area contributed by atoms with Crippen molar-refractivity contribution >= 4 is 5.69 Å². The molecule has 0 aliphatic rings. The summed E-state index contributed by atoms with van der Waals surface area (Å²) in [6.07, 6.45) is -0.332. The summed E-state index contributed by atoms with van der Waals surface area (Å²) >= 11 is 0. The summed E-state index contributed by atoms with van der Waals surface area (Å²) in [6, 6.07) is 9.77. The standard InChI is InChI=1S/C9H14N2O/c1-8(12)7-10-11-9-5-3-2-4-6-9/h2-6,8,10-12H,7H2,1H3. The largest absolute Gasteiger partial charge is 0.392 e. The van der Waals surface area contributed by atoms with Crippen molar-refractivity contribution in [2.75, 3.05) is 12.0 Å². The van der Waals surface area contributed by atoms with Crippen LogP contribution < -0.4 is 10.9 Å². The van der Waals surface area contributed by atoms with Crippen molar-refractivity contribution in [3.8, 4) is 0 Å². The zero-order valence-corrected chi connectivity index (χ0v) is 7.12. The lowest BCUT2D eigenvalue weighted by Gasteiger charge is -2.09. The van der Waals surface area contributed by atoms with E-state index in [0.29, 0.717) is 6.54 Å². The molecule has 0 radical (unpaired) electrons. The van der Waals surface area contributed by atoms with Gasteiger partial charge in [-0.2, -0.15) is 0 Å². The van der Waals surface area contributed by atoms with Crippen LogP contribution >= 0.6 is 0 Å². The predicted molar refractivity (Wildman–Crippen MR) is 49.7 cm³/mol. The summed E-state index contributed by atoms with van der Waals surface area (Å²) in [5.41, 5.74) is 6.87. The SMILES string of the molecule is CC(O)CNNc1ccccc1. The van der Waals surface area contributed by atoms with Crippen molar-refractivity contribution in [2.24, 2.45) is 0 Å². The molecule has 1 aromatic rings. The summed E-state index contributed by atoms with van der Waals surface area (Å²) in [5, 5.41) is 8.93. The molecule has 0 heterocycles. The normalized spacial score (nSPS) is 12.5. The minimum Gasteiger partial charge on any atom is -0.392 e. The second-order valence-electron chi connectivity index (χ2n) is 2.72. The van der Waals surface area contributed by atoms with Crippen LogP contribution in [0.2, 0.25) is 0 Å². The third-order valence-corrected chi connectivity index (χ3v) is 1.40. The molecule has 0 amide bonds.